The molecule has 0 spiro atoms. The van der Waals surface area contributed by atoms with Gasteiger partial charge in [0, 0.05) is 30.1 Å². The number of rotatable bonds is 2. The fourth-order valence-corrected chi connectivity index (χ4v) is 3.30. The van der Waals surface area contributed by atoms with Gasteiger partial charge in [0.2, 0.25) is 5.91 Å². The maximum atomic E-state index is 13.9. The average Bonchev–Trinajstić information content (AvgIpc) is 2.54. The zero-order chi connectivity index (χ0) is 17.4. The maximum Gasteiger partial charge on any atom is 0.224 e. The largest absolute Gasteiger partial charge is 0.362 e. The predicted molar refractivity (Wildman–Crippen MR) is 91.3 cm³/mol. The molecule has 3 rings (SSSR count). The van der Waals surface area contributed by atoms with Gasteiger partial charge in [-0.1, -0.05) is 6.92 Å². The minimum atomic E-state index is -0.319. The quantitative estimate of drug-likeness (QED) is 0.917. The van der Waals surface area contributed by atoms with Crippen LogP contribution in [0.3, 0.4) is 0 Å². The van der Waals surface area contributed by atoms with E-state index < -0.39 is 0 Å². The van der Waals surface area contributed by atoms with E-state index in [-0.39, 0.29) is 29.7 Å². The summed E-state index contributed by atoms with van der Waals surface area (Å²) in [5, 5.41) is 3.35. The molecule has 0 saturated heterocycles. The molecule has 2 aromatic rings. The molecule has 5 nitrogen and oxygen atoms in total. The molecule has 1 aromatic heterocycles. The van der Waals surface area contributed by atoms with Crippen molar-refractivity contribution in [3.05, 3.63) is 47.7 Å². The van der Waals surface area contributed by atoms with Gasteiger partial charge in [-0.05, 0) is 32.0 Å². The number of aromatic nitrogens is 2. The van der Waals surface area contributed by atoms with Gasteiger partial charge in [-0.25, -0.2) is 9.37 Å². The van der Waals surface area contributed by atoms with E-state index >= 15 is 0 Å². The van der Waals surface area contributed by atoms with Gasteiger partial charge in [0.05, 0.1) is 24.1 Å². The van der Waals surface area contributed by atoms with Gasteiger partial charge in [-0.3, -0.25) is 9.78 Å². The number of hydrogen-bond acceptors (Lipinski definition) is 4. The second kappa shape index (κ2) is 6.19. The number of amides is 1. The summed E-state index contributed by atoms with van der Waals surface area (Å²) in [6, 6.07) is 4.38. The second-order valence-corrected chi connectivity index (χ2v) is 6.36. The molecule has 1 amide bonds. The molecule has 0 radical (unpaired) electrons. The summed E-state index contributed by atoms with van der Waals surface area (Å²) < 4.78 is 13.9. The molecule has 126 valence electrons. The molecule has 0 saturated carbocycles. The van der Waals surface area contributed by atoms with Crippen molar-refractivity contribution in [1.82, 2.24) is 9.97 Å². The Morgan fingerprint density at radius 2 is 2.00 bits per heavy atom. The number of hydrogen-bond donors (Lipinski definition) is 1. The number of nitrogens with zero attached hydrogens (tertiary/aromatic N) is 3. The van der Waals surface area contributed by atoms with Crippen molar-refractivity contribution in [2.75, 3.05) is 10.2 Å². The third kappa shape index (κ3) is 2.84. The SMILES string of the molecule is CC(=O)N1c2ccc(F)cc2C(Nc2cnc(C)cn2)C(C)[C@@H]1C. The van der Waals surface area contributed by atoms with Crippen LogP contribution in [0.2, 0.25) is 0 Å². The summed E-state index contributed by atoms with van der Waals surface area (Å²) in [4.78, 5) is 22.4. The minimum Gasteiger partial charge on any atom is -0.362 e. The molecule has 2 heterocycles. The van der Waals surface area contributed by atoms with Crippen molar-refractivity contribution in [2.24, 2.45) is 5.92 Å². The lowest BCUT2D eigenvalue weighted by Gasteiger charge is -2.43. The molecule has 1 N–H and O–H groups in total. The molecule has 1 aromatic carbocycles. The fourth-order valence-electron chi connectivity index (χ4n) is 3.30. The summed E-state index contributed by atoms with van der Waals surface area (Å²) in [5.74, 6) is 0.346. The van der Waals surface area contributed by atoms with Gasteiger partial charge in [0.25, 0.3) is 0 Å². The Morgan fingerprint density at radius 3 is 2.62 bits per heavy atom. The van der Waals surface area contributed by atoms with Crippen LogP contribution in [0.15, 0.2) is 30.6 Å². The minimum absolute atomic E-state index is 0.0173. The van der Waals surface area contributed by atoms with Gasteiger partial charge in [0.1, 0.15) is 11.6 Å². The van der Waals surface area contributed by atoms with Crippen LogP contribution in [0, 0.1) is 18.7 Å². The Kier molecular flexibility index (Phi) is 4.22. The highest BCUT2D eigenvalue weighted by molar-refractivity contribution is 5.93. The molecule has 6 heteroatoms. The zero-order valence-corrected chi connectivity index (χ0v) is 14.2. The Balaban J connectivity index is 2.05. The first-order valence-electron chi connectivity index (χ1n) is 8.03. The molecule has 1 aliphatic rings. The molecular weight excluding hydrogens is 307 g/mol. The number of carbonyl (C=O) groups is 1. The van der Waals surface area contributed by atoms with Crippen LogP contribution in [0.1, 0.15) is 38.1 Å². The fraction of sp³-hybridized carbons (Fsp3) is 0.389. The molecule has 24 heavy (non-hydrogen) atoms. The van der Waals surface area contributed by atoms with E-state index in [4.69, 9.17) is 0 Å². The topological polar surface area (TPSA) is 58.1 Å². The molecule has 0 bridgehead atoms. The Labute approximate surface area is 140 Å². The zero-order valence-electron chi connectivity index (χ0n) is 14.2. The van der Waals surface area contributed by atoms with Gasteiger partial charge in [0.15, 0.2) is 0 Å². The van der Waals surface area contributed by atoms with Crippen LogP contribution < -0.4 is 10.2 Å². The van der Waals surface area contributed by atoms with Gasteiger partial charge in [-0.2, -0.15) is 0 Å². The molecular formula is C18H21FN4O. The van der Waals surface area contributed by atoms with Crippen molar-refractivity contribution >= 4 is 17.4 Å². The number of benzene rings is 1. The average molecular weight is 328 g/mol. The molecule has 0 aliphatic carbocycles. The molecule has 2 unspecified atom stereocenters. The Hall–Kier alpha value is -2.50. The highest BCUT2D eigenvalue weighted by atomic mass is 19.1. The lowest BCUT2D eigenvalue weighted by atomic mass is 9.82. The lowest BCUT2D eigenvalue weighted by molar-refractivity contribution is -0.117. The summed E-state index contributed by atoms with van der Waals surface area (Å²) in [6.45, 7) is 7.47. The second-order valence-electron chi connectivity index (χ2n) is 6.36. The van der Waals surface area contributed by atoms with Gasteiger partial charge < -0.3 is 10.2 Å². The van der Waals surface area contributed by atoms with Crippen LogP contribution in [0.4, 0.5) is 15.9 Å². The number of anilines is 2. The van der Waals surface area contributed by atoms with E-state index in [1.807, 2.05) is 20.8 Å². The van der Waals surface area contributed by atoms with E-state index in [1.54, 1.807) is 23.4 Å². The van der Waals surface area contributed by atoms with Crippen LogP contribution in [-0.2, 0) is 4.79 Å². The summed E-state index contributed by atoms with van der Waals surface area (Å²) in [5.41, 5.74) is 2.34. The van der Waals surface area contributed by atoms with E-state index in [0.29, 0.717) is 5.82 Å². The molecule has 1 aliphatic heterocycles. The number of fused-ring (bicyclic) bond motifs is 1. The third-order valence-electron chi connectivity index (χ3n) is 4.70. The normalized spacial score (nSPS) is 22.9. The third-order valence-corrected chi connectivity index (χ3v) is 4.70. The highest BCUT2D eigenvalue weighted by Gasteiger charge is 2.38. The van der Waals surface area contributed by atoms with Gasteiger partial charge in [-0.15, -0.1) is 0 Å². The number of carbonyl (C=O) groups excluding carboxylic acids is 1. The lowest BCUT2D eigenvalue weighted by Crippen LogP contribution is -2.48. The maximum absolute atomic E-state index is 13.9. The highest BCUT2D eigenvalue weighted by Crippen LogP contribution is 2.42. The smallest absolute Gasteiger partial charge is 0.224 e. The van der Waals surface area contributed by atoms with Crippen molar-refractivity contribution in [1.29, 1.82) is 0 Å². The summed E-state index contributed by atoms with van der Waals surface area (Å²) >= 11 is 0. The summed E-state index contributed by atoms with van der Waals surface area (Å²) in [7, 11) is 0. The van der Waals surface area contributed by atoms with E-state index in [1.165, 1.54) is 19.1 Å². The van der Waals surface area contributed by atoms with E-state index in [0.717, 1.165) is 16.9 Å². The Bertz CT molecular complexity index is 762. The first-order chi connectivity index (χ1) is 11.4. The van der Waals surface area contributed by atoms with E-state index in [2.05, 4.69) is 15.3 Å². The number of nitrogens with one attached hydrogen (secondary N) is 1. The standard InChI is InChI=1S/C18H21FN4O/c1-10-8-21-17(9-20-10)22-18-11(2)12(3)23(13(4)24)16-6-5-14(19)7-15(16)18/h5-9,11-12,18H,1-4H3,(H,21,22)/t11?,12-,18?/m0/s1. The number of halogens is 1. The predicted octanol–water partition coefficient (Wildman–Crippen LogP) is 3.47. The van der Waals surface area contributed by atoms with Crippen LogP contribution >= 0.6 is 0 Å². The molecule has 3 atom stereocenters. The van der Waals surface area contributed by atoms with Crippen molar-refractivity contribution in [2.45, 2.75) is 39.8 Å². The monoisotopic (exact) mass is 328 g/mol. The van der Waals surface area contributed by atoms with Crippen molar-refractivity contribution < 1.29 is 9.18 Å². The van der Waals surface area contributed by atoms with Gasteiger partial charge >= 0.3 is 0 Å². The number of aryl methyl sites for hydroxylation is 1. The Morgan fingerprint density at radius 1 is 1.25 bits per heavy atom. The van der Waals surface area contributed by atoms with Crippen LogP contribution in [0.25, 0.3) is 0 Å². The first kappa shape index (κ1) is 16.4. The van der Waals surface area contributed by atoms with Crippen LogP contribution in [-0.4, -0.2) is 21.9 Å². The van der Waals surface area contributed by atoms with Crippen LogP contribution in [0.5, 0.6) is 0 Å². The van der Waals surface area contributed by atoms with E-state index in [9.17, 15) is 9.18 Å². The van der Waals surface area contributed by atoms with Crippen molar-refractivity contribution in [3.8, 4) is 0 Å². The summed E-state index contributed by atoms with van der Waals surface area (Å²) in [6.07, 6.45) is 3.36. The molecule has 0 fully saturated rings. The first-order valence-corrected chi connectivity index (χ1v) is 8.03. The van der Waals surface area contributed by atoms with Crippen molar-refractivity contribution in [3.63, 3.8) is 0 Å².